The fraction of sp³-hybridized carbons (Fsp3) is 0.481. The molecule has 3 heterocycles. The van der Waals surface area contributed by atoms with Crippen LogP contribution in [0, 0.1) is 0 Å². The molecule has 0 radical (unpaired) electrons. The molecule has 1 amide bonds. The summed E-state index contributed by atoms with van der Waals surface area (Å²) in [4.78, 5) is 25.9. The maximum absolute atomic E-state index is 12.9. The number of halogens is 3. The number of nitrogens with one attached hydrogen (secondary N) is 2. The number of aromatic nitrogens is 3. The Morgan fingerprint density at radius 1 is 1.10 bits per heavy atom. The van der Waals surface area contributed by atoms with Gasteiger partial charge in [0.25, 0.3) is 6.01 Å². The van der Waals surface area contributed by atoms with Gasteiger partial charge in [0.1, 0.15) is 0 Å². The molecule has 1 aliphatic heterocycles. The normalized spacial score (nSPS) is 23.9. The van der Waals surface area contributed by atoms with E-state index in [9.17, 15) is 18.0 Å². The van der Waals surface area contributed by atoms with Gasteiger partial charge in [0.05, 0.1) is 11.8 Å². The quantitative estimate of drug-likeness (QED) is 0.395. The molecule has 5 rings (SSSR count). The largest absolute Gasteiger partial charge is 0.424 e. The van der Waals surface area contributed by atoms with Crippen LogP contribution in [-0.2, 0) is 6.18 Å². The van der Waals surface area contributed by atoms with E-state index in [0.29, 0.717) is 41.9 Å². The molecular formula is C27H32F3N7O2. The van der Waals surface area contributed by atoms with Crippen molar-refractivity contribution in [2.45, 2.75) is 69.2 Å². The predicted molar refractivity (Wildman–Crippen MR) is 140 cm³/mol. The van der Waals surface area contributed by atoms with Crippen molar-refractivity contribution in [2.75, 3.05) is 23.3 Å². The number of rotatable bonds is 7. The van der Waals surface area contributed by atoms with Gasteiger partial charge in [-0.2, -0.15) is 13.2 Å². The number of carbonyl (C=O) groups is 1. The Morgan fingerprint density at radius 3 is 2.56 bits per heavy atom. The zero-order chi connectivity index (χ0) is 27.6. The Morgan fingerprint density at radius 2 is 1.85 bits per heavy atom. The minimum absolute atomic E-state index is 0.0803. The molecule has 0 spiro atoms. The first-order valence-electron chi connectivity index (χ1n) is 13.1. The first-order valence-corrected chi connectivity index (χ1v) is 13.1. The van der Waals surface area contributed by atoms with Gasteiger partial charge >= 0.3 is 6.18 Å². The minimum Gasteiger partial charge on any atom is -0.424 e. The van der Waals surface area contributed by atoms with Gasteiger partial charge in [0, 0.05) is 54.2 Å². The second-order valence-electron chi connectivity index (χ2n) is 10.6. The van der Waals surface area contributed by atoms with Gasteiger partial charge < -0.3 is 25.7 Å². The number of anilines is 2. The highest BCUT2D eigenvalue weighted by atomic mass is 19.4. The molecule has 3 unspecified atom stereocenters. The fourth-order valence-electron chi connectivity index (χ4n) is 5.54. The van der Waals surface area contributed by atoms with Crippen molar-refractivity contribution < 1.29 is 22.4 Å². The average molecular weight is 544 g/mol. The van der Waals surface area contributed by atoms with Gasteiger partial charge in [0.2, 0.25) is 11.9 Å². The summed E-state index contributed by atoms with van der Waals surface area (Å²) in [5.74, 6) is 0.333. The number of nitrogens with two attached hydrogens (primary N) is 1. The summed E-state index contributed by atoms with van der Waals surface area (Å²) in [6, 6.07) is 7.53. The van der Waals surface area contributed by atoms with Crippen LogP contribution in [0.5, 0.6) is 0 Å². The second kappa shape index (κ2) is 10.8. The molecule has 4 N–H and O–H groups in total. The standard InChI is InChI=1S/C27H32F3N7O2/c1-26(10-5-11-37(16-26)24-32-13-19(14-33-24)27(28,29)30)36-21-9-3-2-8-20(21)35-25-34-15-22(39-25)17-6-4-7-18(12-17)23(31)38/h4,6-7,12-15,20-21,36H,2-3,5,8-11,16H2,1H3,(H2,31,38)(H,34,35). The summed E-state index contributed by atoms with van der Waals surface area (Å²) in [5, 5.41) is 7.29. The highest BCUT2D eigenvalue weighted by molar-refractivity contribution is 5.93. The van der Waals surface area contributed by atoms with Crippen molar-refractivity contribution in [3.8, 4) is 11.3 Å². The Labute approximate surface area is 224 Å². The monoisotopic (exact) mass is 543 g/mol. The second-order valence-corrected chi connectivity index (χ2v) is 10.6. The van der Waals surface area contributed by atoms with Gasteiger partial charge in [-0.25, -0.2) is 15.0 Å². The number of alkyl halides is 3. The number of carbonyl (C=O) groups excluding carboxylic acids is 1. The maximum atomic E-state index is 12.9. The zero-order valence-corrected chi connectivity index (χ0v) is 21.7. The molecule has 3 aromatic rings. The molecule has 3 atom stereocenters. The van der Waals surface area contributed by atoms with Crippen LogP contribution in [0.1, 0.15) is 61.4 Å². The zero-order valence-electron chi connectivity index (χ0n) is 21.7. The Hall–Kier alpha value is -3.67. The van der Waals surface area contributed by atoms with Crippen LogP contribution in [-0.4, -0.2) is 51.6 Å². The molecule has 39 heavy (non-hydrogen) atoms. The summed E-state index contributed by atoms with van der Waals surface area (Å²) in [7, 11) is 0. The third-order valence-electron chi connectivity index (χ3n) is 7.49. The minimum atomic E-state index is -4.46. The van der Waals surface area contributed by atoms with E-state index < -0.39 is 17.6 Å². The summed E-state index contributed by atoms with van der Waals surface area (Å²) in [6.07, 6.45) is 4.72. The van der Waals surface area contributed by atoms with E-state index in [2.05, 4.69) is 32.5 Å². The van der Waals surface area contributed by atoms with Crippen LogP contribution in [0.15, 0.2) is 47.3 Å². The number of hydrogen-bond acceptors (Lipinski definition) is 8. The average Bonchev–Trinajstić information content (AvgIpc) is 3.38. The van der Waals surface area contributed by atoms with E-state index in [1.807, 2.05) is 11.0 Å². The molecule has 1 saturated heterocycles. The number of hydrogen-bond donors (Lipinski definition) is 3. The summed E-state index contributed by atoms with van der Waals surface area (Å²) in [6.45, 7) is 3.41. The van der Waals surface area contributed by atoms with Crippen LogP contribution in [0.4, 0.5) is 25.1 Å². The lowest BCUT2D eigenvalue weighted by atomic mass is 9.85. The topological polar surface area (TPSA) is 122 Å². The summed E-state index contributed by atoms with van der Waals surface area (Å²) < 4.78 is 44.8. The molecule has 12 heteroatoms. The SMILES string of the molecule is CC1(NC2CCCCC2Nc2ncc(-c3cccc(C(N)=O)c3)o2)CCCN(c2ncc(C(F)(F)F)cn2)C1. The molecular weight excluding hydrogens is 511 g/mol. The number of primary amides is 1. The summed E-state index contributed by atoms with van der Waals surface area (Å²) in [5.41, 5.74) is 5.38. The molecule has 1 aromatic carbocycles. The maximum Gasteiger partial charge on any atom is 0.419 e. The molecule has 2 aromatic heterocycles. The highest BCUT2D eigenvalue weighted by Crippen LogP contribution is 2.32. The first kappa shape index (κ1) is 26.9. The first-order chi connectivity index (χ1) is 18.6. The molecule has 2 aliphatic rings. The Kier molecular flexibility index (Phi) is 7.48. The van der Waals surface area contributed by atoms with Crippen LogP contribution < -0.4 is 21.3 Å². The van der Waals surface area contributed by atoms with Crippen LogP contribution in [0.3, 0.4) is 0 Å². The number of benzene rings is 1. The number of oxazole rings is 1. The van der Waals surface area contributed by atoms with Gasteiger partial charge in [0.15, 0.2) is 5.76 Å². The van der Waals surface area contributed by atoms with Crippen molar-refractivity contribution in [3.05, 3.63) is 54.0 Å². The number of piperidine rings is 1. The van der Waals surface area contributed by atoms with Gasteiger partial charge in [-0.05, 0) is 44.7 Å². The van der Waals surface area contributed by atoms with E-state index in [1.165, 1.54) is 0 Å². The number of nitrogens with zero attached hydrogens (tertiary/aromatic N) is 4. The van der Waals surface area contributed by atoms with Gasteiger partial charge in [-0.1, -0.05) is 25.0 Å². The van der Waals surface area contributed by atoms with Crippen molar-refractivity contribution in [3.63, 3.8) is 0 Å². The van der Waals surface area contributed by atoms with E-state index in [4.69, 9.17) is 10.2 Å². The molecule has 9 nitrogen and oxygen atoms in total. The molecule has 208 valence electrons. The van der Waals surface area contributed by atoms with Crippen LogP contribution in [0.2, 0.25) is 0 Å². The fourth-order valence-corrected chi connectivity index (χ4v) is 5.54. The Bertz CT molecular complexity index is 1300. The highest BCUT2D eigenvalue weighted by Gasteiger charge is 2.38. The molecule has 0 bridgehead atoms. The predicted octanol–water partition coefficient (Wildman–Crippen LogP) is 4.62. The smallest absolute Gasteiger partial charge is 0.419 e. The van der Waals surface area contributed by atoms with Crippen LogP contribution >= 0.6 is 0 Å². The lowest BCUT2D eigenvalue weighted by molar-refractivity contribution is -0.138. The van der Waals surface area contributed by atoms with Crippen molar-refractivity contribution in [1.29, 1.82) is 0 Å². The van der Waals surface area contributed by atoms with Crippen molar-refractivity contribution in [1.82, 2.24) is 20.3 Å². The van der Waals surface area contributed by atoms with Crippen LogP contribution in [0.25, 0.3) is 11.3 Å². The van der Waals surface area contributed by atoms with Gasteiger partial charge in [-0.3, -0.25) is 4.79 Å². The molecule has 1 saturated carbocycles. The van der Waals surface area contributed by atoms with E-state index in [0.717, 1.165) is 50.9 Å². The molecule has 2 fully saturated rings. The third-order valence-corrected chi connectivity index (χ3v) is 7.49. The van der Waals surface area contributed by atoms with Crippen molar-refractivity contribution in [2.24, 2.45) is 5.73 Å². The van der Waals surface area contributed by atoms with Gasteiger partial charge in [-0.15, -0.1) is 0 Å². The molecule has 1 aliphatic carbocycles. The van der Waals surface area contributed by atoms with E-state index in [-0.39, 0.29) is 17.6 Å². The third kappa shape index (κ3) is 6.32. The van der Waals surface area contributed by atoms with E-state index >= 15 is 0 Å². The lowest BCUT2D eigenvalue weighted by Crippen LogP contribution is -2.61. The lowest BCUT2D eigenvalue weighted by Gasteiger charge is -2.45. The van der Waals surface area contributed by atoms with E-state index in [1.54, 1.807) is 24.4 Å². The number of amides is 1. The Balaban J connectivity index is 1.25. The van der Waals surface area contributed by atoms with Crippen molar-refractivity contribution >= 4 is 17.9 Å². The summed E-state index contributed by atoms with van der Waals surface area (Å²) >= 11 is 0.